The molecule has 0 nitrogen and oxygen atoms in total. The maximum Gasteiger partial charge on any atom is -0.0326 e. The fourth-order valence-corrected chi connectivity index (χ4v) is 2.94. The highest BCUT2D eigenvalue weighted by Crippen LogP contribution is 2.35. The van der Waals surface area contributed by atoms with Gasteiger partial charge in [0.1, 0.15) is 0 Å². The lowest BCUT2D eigenvalue weighted by atomic mass is 9.76. The number of unbranched alkanes of at least 4 members (excludes halogenated alkanes) is 6. The summed E-state index contributed by atoms with van der Waals surface area (Å²) >= 11 is 0. The van der Waals surface area contributed by atoms with Gasteiger partial charge in [0.05, 0.1) is 0 Å². The highest BCUT2D eigenvalue weighted by Gasteiger charge is 2.21. The second kappa shape index (κ2) is 11.1. The van der Waals surface area contributed by atoms with Gasteiger partial charge in [-0.1, -0.05) is 85.5 Å². The summed E-state index contributed by atoms with van der Waals surface area (Å²) in [6.45, 7) is 9.48. The van der Waals surface area contributed by atoms with Crippen molar-refractivity contribution in [1.82, 2.24) is 0 Å². The molecule has 1 atom stereocenters. The first-order chi connectivity index (χ1) is 8.18. The van der Waals surface area contributed by atoms with Crippen LogP contribution in [0.2, 0.25) is 0 Å². The third kappa shape index (κ3) is 9.68. The Labute approximate surface area is 111 Å². The summed E-state index contributed by atoms with van der Waals surface area (Å²) in [5.41, 5.74) is 0.649. The second-order valence-corrected chi connectivity index (χ2v) is 6.18. The van der Waals surface area contributed by atoms with Gasteiger partial charge in [-0.3, -0.25) is 0 Å². The van der Waals surface area contributed by atoms with E-state index < -0.39 is 0 Å². The van der Waals surface area contributed by atoms with Gasteiger partial charge < -0.3 is 0 Å². The van der Waals surface area contributed by atoms with E-state index >= 15 is 0 Å². The van der Waals surface area contributed by atoms with Crippen LogP contribution in [0.15, 0.2) is 0 Å². The summed E-state index contributed by atoms with van der Waals surface area (Å²) < 4.78 is 0. The average molecular weight is 240 g/mol. The Balaban J connectivity index is 3.77. The number of hydrogen-bond acceptors (Lipinski definition) is 0. The average Bonchev–Trinajstić information content (AvgIpc) is 2.29. The Bertz CT molecular complexity index is 150. The molecular weight excluding hydrogens is 204 g/mol. The third-order valence-corrected chi connectivity index (χ3v) is 4.12. The van der Waals surface area contributed by atoms with E-state index in [1.54, 1.807) is 0 Å². The van der Waals surface area contributed by atoms with E-state index in [1.165, 1.54) is 77.0 Å². The highest BCUT2D eigenvalue weighted by molar-refractivity contribution is 4.74. The van der Waals surface area contributed by atoms with Gasteiger partial charge in [0.2, 0.25) is 0 Å². The first kappa shape index (κ1) is 17.0. The van der Waals surface area contributed by atoms with E-state index in [0.717, 1.165) is 0 Å². The first-order valence-electron chi connectivity index (χ1n) is 8.18. The topological polar surface area (TPSA) is 0 Å². The summed E-state index contributed by atoms with van der Waals surface area (Å²) in [6, 6.07) is 0. The van der Waals surface area contributed by atoms with Crippen molar-refractivity contribution >= 4 is 0 Å². The minimum absolute atomic E-state index is 0.649. The molecule has 0 saturated carbocycles. The van der Waals surface area contributed by atoms with E-state index in [1.807, 2.05) is 0 Å². The SMILES string of the molecule is CCCCCCCC(C)(CCC)CCCCC. The van der Waals surface area contributed by atoms with Crippen molar-refractivity contribution in [1.29, 1.82) is 0 Å². The fraction of sp³-hybridized carbons (Fsp3) is 1.00. The van der Waals surface area contributed by atoms with Crippen LogP contribution in [-0.2, 0) is 0 Å². The van der Waals surface area contributed by atoms with Crippen LogP contribution in [0.5, 0.6) is 0 Å². The van der Waals surface area contributed by atoms with Gasteiger partial charge in [0, 0.05) is 0 Å². The standard InChI is InChI=1S/C17H36/c1-5-8-10-11-13-16-17(4,14-7-3)15-12-9-6-2/h5-16H2,1-4H3. The van der Waals surface area contributed by atoms with Crippen LogP contribution in [0.1, 0.15) is 105 Å². The van der Waals surface area contributed by atoms with Gasteiger partial charge in [-0.05, 0) is 24.7 Å². The van der Waals surface area contributed by atoms with Crippen molar-refractivity contribution in [2.45, 2.75) is 105 Å². The normalized spacial score (nSPS) is 14.8. The molecule has 0 aliphatic rings. The molecule has 0 fully saturated rings. The maximum atomic E-state index is 2.53. The molecule has 0 aliphatic heterocycles. The lowest BCUT2D eigenvalue weighted by molar-refractivity contribution is 0.229. The summed E-state index contributed by atoms with van der Waals surface area (Å²) in [5, 5.41) is 0. The van der Waals surface area contributed by atoms with Gasteiger partial charge in [0.25, 0.3) is 0 Å². The van der Waals surface area contributed by atoms with Gasteiger partial charge >= 0.3 is 0 Å². The molecule has 0 aliphatic carbocycles. The smallest absolute Gasteiger partial charge is 0.0326 e. The van der Waals surface area contributed by atoms with E-state index in [-0.39, 0.29) is 0 Å². The zero-order valence-corrected chi connectivity index (χ0v) is 13.0. The molecule has 0 aromatic heterocycles. The summed E-state index contributed by atoms with van der Waals surface area (Å²) in [5.74, 6) is 0. The molecule has 17 heavy (non-hydrogen) atoms. The monoisotopic (exact) mass is 240 g/mol. The molecule has 0 spiro atoms. The predicted octanol–water partition coefficient (Wildman–Crippen LogP) is 6.73. The van der Waals surface area contributed by atoms with Crippen molar-refractivity contribution < 1.29 is 0 Å². The second-order valence-electron chi connectivity index (χ2n) is 6.18. The maximum absolute atomic E-state index is 2.53. The van der Waals surface area contributed by atoms with Crippen LogP contribution in [0.3, 0.4) is 0 Å². The fourth-order valence-electron chi connectivity index (χ4n) is 2.94. The van der Waals surface area contributed by atoms with E-state index in [4.69, 9.17) is 0 Å². The Morgan fingerprint density at radius 1 is 0.529 bits per heavy atom. The van der Waals surface area contributed by atoms with Crippen molar-refractivity contribution in [2.75, 3.05) is 0 Å². The van der Waals surface area contributed by atoms with Crippen molar-refractivity contribution in [3.05, 3.63) is 0 Å². The number of hydrogen-bond donors (Lipinski definition) is 0. The van der Waals surface area contributed by atoms with Crippen LogP contribution < -0.4 is 0 Å². The molecule has 0 bridgehead atoms. The van der Waals surface area contributed by atoms with Crippen LogP contribution in [0.25, 0.3) is 0 Å². The lowest BCUT2D eigenvalue weighted by Gasteiger charge is -2.29. The van der Waals surface area contributed by atoms with Gasteiger partial charge in [-0.25, -0.2) is 0 Å². The minimum atomic E-state index is 0.649. The molecule has 0 aromatic carbocycles. The van der Waals surface area contributed by atoms with E-state index in [0.29, 0.717) is 5.41 Å². The van der Waals surface area contributed by atoms with Crippen molar-refractivity contribution in [3.8, 4) is 0 Å². The Hall–Kier alpha value is 0. The molecule has 0 aromatic rings. The van der Waals surface area contributed by atoms with Crippen molar-refractivity contribution in [2.24, 2.45) is 5.41 Å². The minimum Gasteiger partial charge on any atom is -0.0654 e. The van der Waals surface area contributed by atoms with Gasteiger partial charge in [0.15, 0.2) is 0 Å². The third-order valence-electron chi connectivity index (χ3n) is 4.12. The largest absolute Gasteiger partial charge is 0.0654 e. The molecule has 0 amide bonds. The van der Waals surface area contributed by atoms with E-state index in [2.05, 4.69) is 27.7 Å². The predicted molar refractivity (Wildman–Crippen MR) is 80.5 cm³/mol. The number of rotatable bonds is 12. The molecule has 0 N–H and O–H groups in total. The molecular formula is C17H36. The molecule has 0 heterocycles. The molecule has 104 valence electrons. The molecule has 0 heteroatoms. The Kier molecular flexibility index (Phi) is 11.1. The summed E-state index contributed by atoms with van der Waals surface area (Å²) in [7, 11) is 0. The summed E-state index contributed by atoms with van der Waals surface area (Å²) in [6.07, 6.45) is 17.1. The van der Waals surface area contributed by atoms with Crippen molar-refractivity contribution in [3.63, 3.8) is 0 Å². The van der Waals surface area contributed by atoms with Gasteiger partial charge in [-0.15, -0.1) is 0 Å². The van der Waals surface area contributed by atoms with Gasteiger partial charge in [-0.2, -0.15) is 0 Å². The zero-order chi connectivity index (χ0) is 13.0. The van der Waals surface area contributed by atoms with Crippen LogP contribution in [-0.4, -0.2) is 0 Å². The highest BCUT2D eigenvalue weighted by atomic mass is 14.3. The lowest BCUT2D eigenvalue weighted by Crippen LogP contribution is -2.16. The molecule has 0 saturated heterocycles. The van der Waals surface area contributed by atoms with Crippen LogP contribution in [0.4, 0.5) is 0 Å². The van der Waals surface area contributed by atoms with E-state index in [9.17, 15) is 0 Å². The molecule has 0 rings (SSSR count). The zero-order valence-electron chi connectivity index (χ0n) is 13.0. The molecule has 1 unspecified atom stereocenters. The summed E-state index contributed by atoms with van der Waals surface area (Å²) in [4.78, 5) is 0. The first-order valence-corrected chi connectivity index (χ1v) is 8.18. The van der Waals surface area contributed by atoms with Crippen LogP contribution >= 0.6 is 0 Å². The Morgan fingerprint density at radius 2 is 1.00 bits per heavy atom. The molecule has 0 radical (unpaired) electrons. The van der Waals surface area contributed by atoms with Crippen LogP contribution in [0, 0.1) is 5.41 Å². The quantitative estimate of drug-likeness (QED) is 0.332. The Morgan fingerprint density at radius 3 is 1.53 bits per heavy atom.